The van der Waals surface area contributed by atoms with Gasteiger partial charge in [0.1, 0.15) is 0 Å². The van der Waals surface area contributed by atoms with Gasteiger partial charge in [-0.3, -0.25) is 4.79 Å². The van der Waals surface area contributed by atoms with E-state index in [-0.39, 0.29) is 17.5 Å². The Morgan fingerprint density at radius 3 is 2.84 bits per heavy atom. The second kappa shape index (κ2) is 7.88. The van der Waals surface area contributed by atoms with Crippen LogP contribution in [0, 0.1) is 0 Å². The summed E-state index contributed by atoms with van der Waals surface area (Å²) in [4.78, 5) is 23.2. The first-order valence-electron chi connectivity index (χ1n) is 5.85. The smallest absolute Gasteiger partial charge is 0.336 e. The van der Waals surface area contributed by atoms with Crippen molar-refractivity contribution < 1.29 is 19.4 Å². The van der Waals surface area contributed by atoms with Crippen molar-refractivity contribution in [1.29, 1.82) is 0 Å². The Morgan fingerprint density at radius 1 is 1.53 bits per heavy atom. The minimum atomic E-state index is -0.937. The van der Waals surface area contributed by atoms with E-state index in [0.717, 1.165) is 4.88 Å². The van der Waals surface area contributed by atoms with Crippen LogP contribution in [0.5, 0.6) is 0 Å². The fourth-order valence-corrected chi connectivity index (χ4v) is 2.17. The molecule has 106 valence electrons. The quantitative estimate of drug-likeness (QED) is 0.612. The van der Waals surface area contributed by atoms with Crippen molar-refractivity contribution in [2.45, 2.75) is 19.5 Å². The van der Waals surface area contributed by atoms with E-state index in [0.29, 0.717) is 19.7 Å². The molecule has 0 aliphatic rings. The third-order valence-electron chi connectivity index (χ3n) is 2.48. The van der Waals surface area contributed by atoms with E-state index in [1.54, 1.807) is 25.5 Å². The molecule has 0 saturated carbocycles. The summed E-state index contributed by atoms with van der Waals surface area (Å²) in [5, 5.41) is 16.1. The molecule has 6 nitrogen and oxygen atoms in total. The van der Waals surface area contributed by atoms with Crippen molar-refractivity contribution in [2.75, 3.05) is 20.3 Å². The summed E-state index contributed by atoms with van der Waals surface area (Å²) in [7, 11) is 1.57. The maximum Gasteiger partial charge on any atom is 0.336 e. The number of amides is 1. The molecule has 3 N–H and O–H groups in total. The molecule has 19 heavy (non-hydrogen) atoms. The van der Waals surface area contributed by atoms with Crippen LogP contribution in [0.4, 0.5) is 0 Å². The molecule has 0 aromatic carbocycles. The lowest BCUT2D eigenvalue weighted by Crippen LogP contribution is -2.42. The monoisotopic (exact) mass is 286 g/mol. The van der Waals surface area contributed by atoms with E-state index < -0.39 is 5.97 Å². The molecule has 0 saturated heterocycles. The number of thiophene rings is 1. The number of hydrogen-bond acceptors (Lipinski definition) is 5. The lowest BCUT2D eigenvalue weighted by atomic mass is 10.3. The number of carbonyl (C=O) groups is 2. The number of ether oxygens (including phenoxy) is 1. The summed E-state index contributed by atoms with van der Waals surface area (Å²) in [5.41, 5.74) is 0.277. The van der Waals surface area contributed by atoms with E-state index in [4.69, 9.17) is 9.84 Å². The Balaban J connectivity index is 2.34. The van der Waals surface area contributed by atoms with Gasteiger partial charge in [0.25, 0.3) is 0 Å². The van der Waals surface area contributed by atoms with E-state index >= 15 is 0 Å². The minimum absolute atomic E-state index is 0.105. The topological polar surface area (TPSA) is 87.7 Å². The Labute approximate surface area is 115 Å². The number of carboxylic acid groups (broad SMARTS) is 1. The largest absolute Gasteiger partial charge is 0.478 e. The molecule has 1 amide bonds. The van der Waals surface area contributed by atoms with Crippen LogP contribution < -0.4 is 10.6 Å². The minimum Gasteiger partial charge on any atom is -0.478 e. The number of rotatable bonds is 8. The van der Waals surface area contributed by atoms with Crippen LogP contribution in [0.25, 0.3) is 0 Å². The molecule has 7 heteroatoms. The molecule has 0 fully saturated rings. The summed E-state index contributed by atoms with van der Waals surface area (Å²) in [5.74, 6) is -1.04. The van der Waals surface area contributed by atoms with Crippen LogP contribution in [-0.2, 0) is 16.1 Å². The van der Waals surface area contributed by atoms with Crippen LogP contribution in [0.15, 0.2) is 11.4 Å². The van der Waals surface area contributed by atoms with E-state index in [1.165, 1.54) is 11.3 Å². The molecule has 1 aromatic heterocycles. The zero-order valence-corrected chi connectivity index (χ0v) is 11.8. The highest BCUT2D eigenvalue weighted by Gasteiger charge is 2.12. The molecule has 0 aliphatic heterocycles. The SMILES string of the molecule is COCCNC(=O)C(C)NCc1cc(C(=O)O)cs1. The third kappa shape index (κ3) is 5.37. The number of aromatic carboxylic acids is 1. The Morgan fingerprint density at radius 2 is 2.26 bits per heavy atom. The van der Waals surface area contributed by atoms with Crippen molar-refractivity contribution in [1.82, 2.24) is 10.6 Å². The van der Waals surface area contributed by atoms with Crippen molar-refractivity contribution in [3.63, 3.8) is 0 Å². The average Bonchev–Trinajstić information content (AvgIpc) is 2.85. The van der Waals surface area contributed by atoms with Crippen LogP contribution in [0.3, 0.4) is 0 Å². The summed E-state index contributed by atoms with van der Waals surface area (Å²) >= 11 is 1.36. The molecular formula is C12H18N2O4S. The van der Waals surface area contributed by atoms with Gasteiger partial charge in [-0.15, -0.1) is 11.3 Å². The normalized spacial score (nSPS) is 12.1. The van der Waals surface area contributed by atoms with Crippen molar-refractivity contribution in [3.8, 4) is 0 Å². The van der Waals surface area contributed by atoms with Gasteiger partial charge in [0.15, 0.2) is 0 Å². The Hall–Kier alpha value is -1.44. The molecule has 0 bridgehead atoms. The standard InChI is InChI=1S/C12H18N2O4S/c1-8(11(15)13-3-4-18-2)14-6-10-5-9(7-19-10)12(16)17/h5,7-8,14H,3-4,6H2,1-2H3,(H,13,15)(H,16,17). The Bertz CT molecular complexity index is 433. The highest BCUT2D eigenvalue weighted by Crippen LogP contribution is 2.14. The van der Waals surface area contributed by atoms with Crippen LogP contribution in [0.2, 0.25) is 0 Å². The summed E-state index contributed by atoms with van der Waals surface area (Å²) in [6.07, 6.45) is 0. The Kier molecular flexibility index (Phi) is 6.48. The van der Waals surface area contributed by atoms with Crippen molar-refractivity contribution in [2.24, 2.45) is 0 Å². The number of carbonyl (C=O) groups excluding carboxylic acids is 1. The zero-order chi connectivity index (χ0) is 14.3. The van der Waals surface area contributed by atoms with Gasteiger partial charge in [0.2, 0.25) is 5.91 Å². The second-order valence-electron chi connectivity index (χ2n) is 3.99. The molecule has 1 rings (SSSR count). The molecule has 1 heterocycles. The summed E-state index contributed by atoms with van der Waals surface area (Å²) in [6, 6.07) is 1.27. The first-order valence-corrected chi connectivity index (χ1v) is 6.73. The van der Waals surface area contributed by atoms with Gasteiger partial charge in [0.05, 0.1) is 18.2 Å². The van der Waals surface area contributed by atoms with E-state index in [2.05, 4.69) is 10.6 Å². The lowest BCUT2D eigenvalue weighted by Gasteiger charge is -2.13. The lowest BCUT2D eigenvalue weighted by molar-refractivity contribution is -0.122. The zero-order valence-electron chi connectivity index (χ0n) is 10.9. The summed E-state index contributed by atoms with van der Waals surface area (Å²) < 4.78 is 4.84. The van der Waals surface area contributed by atoms with Crippen LogP contribution in [0.1, 0.15) is 22.2 Å². The molecular weight excluding hydrogens is 268 g/mol. The van der Waals surface area contributed by atoms with Gasteiger partial charge in [-0.05, 0) is 13.0 Å². The molecule has 1 aromatic rings. The van der Waals surface area contributed by atoms with Crippen LogP contribution >= 0.6 is 11.3 Å². The predicted molar refractivity (Wildman–Crippen MR) is 72.5 cm³/mol. The van der Waals surface area contributed by atoms with Crippen molar-refractivity contribution in [3.05, 3.63) is 21.9 Å². The number of nitrogens with one attached hydrogen (secondary N) is 2. The predicted octanol–water partition coefficient (Wildman–Crippen LogP) is 0.687. The van der Waals surface area contributed by atoms with Gasteiger partial charge < -0.3 is 20.5 Å². The highest BCUT2D eigenvalue weighted by molar-refractivity contribution is 7.10. The molecule has 1 atom stereocenters. The average molecular weight is 286 g/mol. The fourth-order valence-electron chi connectivity index (χ4n) is 1.36. The van der Waals surface area contributed by atoms with Gasteiger partial charge in [0, 0.05) is 30.5 Å². The number of methoxy groups -OCH3 is 1. The van der Waals surface area contributed by atoms with Gasteiger partial charge >= 0.3 is 5.97 Å². The highest BCUT2D eigenvalue weighted by atomic mass is 32.1. The maximum absolute atomic E-state index is 11.6. The number of hydrogen-bond donors (Lipinski definition) is 3. The van der Waals surface area contributed by atoms with Crippen molar-refractivity contribution >= 4 is 23.2 Å². The fraction of sp³-hybridized carbons (Fsp3) is 0.500. The van der Waals surface area contributed by atoms with Gasteiger partial charge in [-0.2, -0.15) is 0 Å². The van der Waals surface area contributed by atoms with E-state index in [1.807, 2.05) is 0 Å². The van der Waals surface area contributed by atoms with Crippen LogP contribution in [-0.4, -0.2) is 43.3 Å². The van der Waals surface area contributed by atoms with Gasteiger partial charge in [-0.1, -0.05) is 0 Å². The second-order valence-corrected chi connectivity index (χ2v) is 4.99. The van der Waals surface area contributed by atoms with E-state index in [9.17, 15) is 9.59 Å². The first kappa shape index (κ1) is 15.6. The molecule has 0 spiro atoms. The number of carboxylic acids is 1. The first-order chi connectivity index (χ1) is 9.04. The van der Waals surface area contributed by atoms with Gasteiger partial charge in [-0.25, -0.2) is 4.79 Å². The molecule has 0 radical (unpaired) electrons. The summed E-state index contributed by atoms with van der Waals surface area (Å²) in [6.45, 7) is 3.18. The third-order valence-corrected chi connectivity index (χ3v) is 3.42. The molecule has 1 unspecified atom stereocenters. The molecule has 0 aliphatic carbocycles. The maximum atomic E-state index is 11.6.